The van der Waals surface area contributed by atoms with Crippen LogP contribution < -0.4 is 0 Å². The average molecular weight is 475 g/mol. The summed E-state index contributed by atoms with van der Waals surface area (Å²) in [7, 11) is 1.51. The van der Waals surface area contributed by atoms with Gasteiger partial charge in [-0.2, -0.15) is 0 Å². The standard InChI is InChI=1S/C28H30N2O5/c1-27(2,3)19-14-12-17(13-15-19)22-20-21(24(31)29-22)23(18-10-8-7-9-11-18)30(25(20)32)26(33)35-28(4,5)16-34-6/h7-15,32H,16H2,1-6H3. The van der Waals surface area contributed by atoms with E-state index in [0.717, 1.165) is 10.1 Å². The van der Waals surface area contributed by atoms with Crippen molar-refractivity contribution in [3.05, 3.63) is 76.9 Å². The van der Waals surface area contributed by atoms with Crippen LogP contribution in [0.3, 0.4) is 0 Å². The number of amides is 1. The first kappa shape index (κ1) is 24.4. The van der Waals surface area contributed by atoms with Gasteiger partial charge in [-0.25, -0.2) is 14.4 Å². The zero-order valence-electron chi connectivity index (χ0n) is 20.9. The zero-order valence-corrected chi connectivity index (χ0v) is 20.9. The molecule has 0 unspecified atom stereocenters. The number of aromatic nitrogens is 1. The Balaban J connectivity index is 1.88. The fourth-order valence-electron chi connectivity index (χ4n) is 4.25. The van der Waals surface area contributed by atoms with Gasteiger partial charge in [0.1, 0.15) is 5.60 Å². The number of methoxy groups -OCH3 is 1. The number of nitrogens with zero attached hydrogens (tertiary/aromatic N) is 2. The van der Waals surface area contributed by atoms with Gasteiger partial charge in [0.2, 0.25) is 5.88 Å². The molecule has 2 aromatic carbocycles. The Labute approximate surface area is 205 Å². The van der Waals surface area contributed by atoms with Crippen LogP contribution in [0.2, 0.25) is 0 Å². The minimum Gasteiger partial charge on any atom is -0.494 e. The molecule has 0 saturated carbocycles. The van der Waals surface area contributed by atoms with Gasteiger partial charge in [-0.15, -0.1) is 0 Å². The molecule has 1 aliphatic rings. The maximum absolute atomic E-state index is 13.3. The van der Waals surface area contributed by atoms with Crippen molar-refractivity contribution in [1.82, 2.24) is 4.57 Å². The topological polar surface area (TPSA) is 90.1 Å². The van der Waals surface area contributed by atoms with Gasteiger partial charge in [-0.05, 0) is 30.4 Å². The maximum Gasteiger partial charge on any atom is 0.422 e. The summed E-state index contributed by atoms with van der Waals surface area (Å²) in [5.41, 5.74) is 2.34. The second kappa shape index (κ2) is 8.82. The fraction of sp³-hybridized carbons (Fsp3) is 0.321. The van der Waals surface area contributed by atoms with E-state index in [1.165, 1.54) is 7.11 Å². The highest BCUT2D eigenvalue weighted by Crippen LogP contribution is 2.41. The van der Waals surface area contributed by atoms with Gasteiger partial charge in [0.15, 0.2) is 0 Å². The van der Waals surface area contributed by atoms with Gasteiger partial charge >= 0.3 is 6.09 Å². The summed E-state index contributed by atoms with van der Waals surface area (Å²) in [6.07, 6.45) is -0.812. The van der Waals surface area contributed by atoms with Crippen LogP contribution in [-0.2, 0) is 14.9 Å². The molecule has 182 valence electrons. The molecule has 7 nitrogen and oxygen atoms in total. The Morgan fingerprint density at radius 3 is 2.14 bits per heavy atom. The third-order valence-corrected chi connectivity index (χ3v) is 5.92. The molecule has 1 amide bonds. The largest absolute Gasteiger partial charge is 0.494 e. The van der Waals surface area contributed by atoms with E-state index >= 15 is 0 Å². The molecule has 0 radical (unpaired) electrons. The quantitative estimate of drug-likeness (QED) is 0.523. The van der Waals surface area contributed by atoms with Crippen LogP contribution in [0, 0.1) is 0 Å². The molecule has 1 aromatic heterocycles. The van der Waals surface area contributed by atoms with Crippen molar-refractivity contribution in [3.63, 3.8) is 0 Å². The molecular formula is C28H30N2O5. The highest BCUT2D eigenvalue weighted by atomic mass is 16.6. The van der Waals surface area contributed by atoms with Gasteiger partial charge in [0.05, 0.1) is 29.1 Å². The number of aromatic hydroxyl groups is 1. The Morgan fingerprint density at radius 2 is 1.57 bits per heavy atom. The first-order chi connectivity index (χ1) is 16.4. The van der Waals surface area contributed by atoms with E-state index in [1.54, 1.807) is 38.1 Å². The highest BCUT2D eigenvalue weighted by Gasteiger charge is 2.39. The summed E-state index contributed by atoms with van der Waals surface area (Å²) in [5.74, 6) is -0.909. The number of fused-ring (bicyclic) bond motifs is 1. The van der Waals surface area contributed by atoms with E-state index in [-0.39, 0.29) is 34.7 Å². The molecule has 0 atom stereocenters. The first-order valence-corrected chi connectivity index (χ1v) is 11.4. The summed E-state index contributed by atoms with van der Waals surface area (Å²) in [6, 6.07) is 16.7. The van der Waals surface area contributed by atoms with Crippen molar-refractivity contribution < 1.29 is 24.2 Å². The highest BCUT2D eigenvalue weighted by molar-refractivity contribution is 6.31. The smallest absolute Gasteiger partial charge is 0.422 e. The third-order valence-electron chi connectivity index (χ3n) is 5.92. The van der Waals surface area contributed by atoms with Crippen molar-refractivity contribution >= 4 is 17.7 Å². The van der Waals surface area contributed by atoms with E-state index in [0.29, 0.717) is 16.8 Å². The molecule has 0 fully saturated rings. The third kappa shape index (κ3) is 4.51. The SMILES string of the molecule is COCC(C)(C)OC(=O)n1c(O)c2c(c1-c1ccccc1)C(=O)N=C2c1ccc(C(C)(C)C)cc1. The zero-order chi connectivity index (χ0) is 25.5. The van der Waals surface area contributed by atoms with Crippen LogP contribution in [0.25, 0.3) is 11.3 Å². The maximum atomic E-state index is 13.3. The number of carbonyl (C=O) groups is 2. The lowest BCUT2D eigenvalue weighted by Gasteiger charge is -2.25. The van der Waals surface area contributed by atoms with E-state index in [1.807, 2.05) is 30.3 Å². The normalized spacial score (nSPS) is 13.5. The number of ether oxygens (including phenoxy) is 2. The van der Waals surface area contributed by atoms with Crippen LogP contribution >= 0.6 is 0 Å². The van der Waals surface area contributed by atoms with Crippen molar-refractivity contribution in [2.75, 3.05) is 13.7 Å². The molecule has 0 spiro atoms. The summed E-state index contributed by atoms with van der Waals surface area (Å²) in [5, 5.41) is 11.3. The molecule has 7 heteroatoms. The molecule has 35 heavy (non-hydrogen) atoms. The molecule has 1 aliphatic heterocycles. The molecular weight excluding hydrogens is 444 g/mol. The lowest BCUT2D eigenvalue weighted by atomic mass is 9.86. The fourth-order valence-corrected chi connectivity index (χ4v) is 4.25. The Bertz CT molecular complexity index is 1310. The number of rotatable bonds is 5. The van der Waals surface area contributed by atoms with Crippen molar-refractivity contribution in [2.24, 2.45) is 4.99 Å². The minimum absolute atomic E-state index is 0.0400. The van der Waals surface area contributed by atoms with Crippen LogP contribution in [0.5, 0.6) is 5.88 Å². The van der Waals surface area contributed by atoms with Crippen LogP contribution in [0.1, 0.15) is 61.7 Å². The lowest BCUT2D eigenvalue weighted by molar-refractivity contribution is -0.0181. The van der Waals surface area contributed by atoms with E-state index < -0.39 is 17.6 Å². The molecule has 2 heterocycles. The lowest BCUT2D eigenvalue weighted by Crippen LogP contribution is -2.35. The van der Waals surface area contributed by atoms with E-state index in [9.17, 15) is 14.7 Å². The van der Waals surface area contributed by atoms with Crippen LogP contribution in [0.15, 0.2) is 59.6 Å². The van der Waals surface area contributed by atoms with Gasteiger partial charge < -0.3 is 14.6 Å². The van der Waals surface area contributed by atoms with Crippen LogP contribution in [-0.4, -0.2) is 46.7 Å². The number of carbonyl (C=O) groups excluding carboxylic acids is 2. The summed E-state index contributed by atoms with van der Waals surface area (Å²) >= 11 is 0. The number of hydrogen-bond donors (Lipinski definition) is 1. The Morgan fingerprint density at radius 1 is 0.943 bits per heavy atom. The monoisotopic (exact) mass is 474 g/mol. The predicted octanol–water partition coefficient (Wildman–Crippen LogP) is 5.56. The second-order valence-corrected chi connectivity index (χ2v) is 10.3. The van der Waals surface area contributed by atoms with Gasteiger partial charge in [0.25, 0.3) is 5.91 Å². The van der Waals surface area contributed by atoms with Gasteiger partial charge in [0, 0.05) is 12.7 Å². The molecule has 0 saturated heterocycles. The number of aliphatic imine (C=N–C) groups is 1. The second-order valence-electron chi connectivity index (χ2n) is 10.3. The van der Waals surface area contributed by atoms with Gasteiger partial charge in [-0.1, -0.05) is 75.4 Å². The molecule has 4 rings (SSSR count). The number of benzene rings is 2. The van der Waals surface area contributed by atoms with E-state index in [4.69, 9.17) is 9.47 Å². The molecule has 0 bridgehead atoms. The van der Waals surface area contributed by atoms with Crippen molar-refractivity contribution in [3.8, 4) is 17.1 Å². The first-order valence-electron chi connectivity index (χ1n) is 11.4. The molecule has 3 aromatic rings. The summed E-state index contributed by atoms with van der Waals surface area (Å²) in [6.45, 7) is 9.93. The number of hydrogen-bond acceptors (Lipinski definition) is 5. The predicted molar refractivity (Wildman–Crippen MR) is 134 cm³/mol. The van der Waals surface area contributed by atoms with Crippen molar-refractivity contribution in [2.45, 2.75) is 45.6 Å². The van der Waals surface area contributed by atoms with Crippen LogP contribution in [0.4, 0.5) is 4.79 Å². The van der Waals surface area contributed by atoms with Crippen molar-refractivity contribution in [1.29, 1.82) is 0 Å². The molecule has 0 aliphatic carbocycles. The average Bonchev–Trinajstić information content (AvgIpc) is 3.29. The molecule has 1 N–H and O–H groups in total. The Kier molecular flexibility index (Phi) is 6.15. The summed E-state index contributed by atoms with van der Waals surface area (Å²) < 4.78 is 11.9. The van der Waals surface area contributed by atoms with Gasteiger partial charge in [-0.3, -0.25) is 4.79 Å². The van der Waals surface area contributed by atoms with E-state index in [2.05, 4.69) is 25.8 Å². The summed E-state index contributed by atoms with van der Waals surface area (Å²) in [4.78, 5) is 30.8. The minimum atomic E-state index is -0.954. The Hall–Kier alpha value is -3.71.